The minimum Gasteiger partial charge on any atom is -0.398 e. The fourth-order valence-electron chi connectivity index (χ4n) is 2.61. The molecule has 0 saturated heterocycles. The number of fused-ring (bicyclic) bond motifs is 1. The summed E-state index contributed by atoms with van der Waals surface area (Å²) in [5.41, 5.74) is 10.7. The van der Waals surface area contributed by atoms with Crippen LogP contribution in [0.1, 0.15) is 36.7 Å². The molecular formula is C15H20N4. The van der Waals surface area contributed by atoms with Gasteiger partial charge in [-0.15, -0.1) is 0 Å². The molecule has 19 heavy (non-hydrogen) atoms. The van der Waals surface area contributed by atoms with Gasteiger partial charge in [0.05, 0.1) is 5.69 Å². The quantitative estimate of drug-likeness (QED) is 0.859. The van der Waals surface area contributed by atoms with Gasteiger partial charge >= 0.3 is 0 Å². The Hall–Kier alpha value is -1.81. The molecule has 0 atom stereocenters. The van der Waals surface area contributed by atoms with Crippen molar-refractivity contribution in [2.75, 3.05) is 5.73 Å². The maximum atomic E-state index is 6.02. The van der Waals surface area contributed by atoms with Crippen LogP contribution in [-0.2, 0) is 19.6 Å². The van der Waals surface area contributed by atoms with E-state index < -0.39 is 0 Å². The van der Waals surface area contributed by atoms with Crippen LogP contribution in [0.2, 0.25) is 0 Å². The molecule has 0 saturated carbocycles. The van der Waals surface area contributed by atoms with Crippen molar-refractivity contribution < 1.29 is 0 Å². The Balaban J connectivity index is 1.71. The molecule has 1 aromatic heterocycles. The normalized spacial score (nSPS) is 15.1. The third kappa shape index (κ3) is 2.36. The molecule has 2 N–H and O–H groups in total. The van der Waals surface area contributed by atoms with Crippen LogP contribution in [0.25, 0.3) is 0 Å². The lowest BCUT2D eigenvalue weighted by Crippen LogP contribution is -2.16. The zero-order valence-electron chi connectivity index (χ0n) is 11.5. The highest BCUT2D eigenvalue weighted by Gasteiger charge is 2.21. The zero-order chi connectivity index (χ0) is 13.4. The molecule has 2 aromatic rings. The number of hydrogen-bond donors (Lipinski definition) is 1. The van der Waals surface area contributed by atoms with E-state index in [1.807, 2.05) is 16.8 Å². The number of aromatic nitrogens is 2. The van der Waals surface area contributed by atoms with Crippen LogP contribution in [-0.4, -0.2) is 14.7 Å². The molecule has 0 radical (unpaired) electrons. The van der Waals surface area contributed by atoms with Gasteiger partial charge in [-0.1, -0.05) is 12.1 Å². The van der Waals surface area contributed by atoms with Gasteiger partial charge in [-0.05, 0) is 37.1 Å². The second-order valence-electron chi connectivity index (χ2n) is 5.51. The van der Waals surface area contributed by atoms with Gasteiger partial charge in [-0.2, -0.15) is 5.10 Å². The molecule has 0 spiro atoms. The minimum absolute atomic E-state index is 0.417. The Morgan fingerprint density at radius 2 is 2.11 bits per heavy atom. The highest BCUT2D eigenvalue weighted by molar-refractivity contribution is 5.52. The van der Waals surface area contributed by atoms with Crippen LogP contribution in [0.4, 0.5) is 5.69 Å². The number of nitrogen functional groups attached to an aromatic ring is 1. The molecule has 3 rings (SSSR count). The molecule has 0 fully saturated rings. The molecule has 0 unspecified atom stereocenters. The van der Waals surface area contributed by atoms with Crippen molar-refractivity contribution in [3.63, 3.8) is 0 Å². The number of nitrogens with two attached hydrogens (primary N) is 1. The smallest absolute Gasteiger partial charge is 0.0765 e. The van der Waals surface area contributed by atoms with E-state index in [9.17, 15) is 0 Å². The van der Waals surface area contributed by atoms with E-state index in [1.165, 1.54) is 11.1 Å². The van der Waals surface area contributed by atoms with Crippen molar-refractivity contribution in [3.8, 4) is 0 Å². The second kappa shape index (κ2) is 4.70. The summed E-state index contributed by atoms with van der Waals surface area (Å²) in [7, 11) is 0. The molecule has 4 heteroatoms. The van der Waals surface area contributed by atoms with Crippen LogP contribution >= 0.6 is 0 Å². The van der Waals surface area contributed by atoms with Crippen LogP contribution in [0.5, 0.6) is 0 Å². The average molecular weight is 256 g/mol. The first-order valence-electron chi connectivity index (χ1n) is 6.76. The van der Waals surface area contributed by atoms with Crippen LogP contribution in [0.3, 0.4) is 0 Å². The van der Waals surface area contributed by atoms with Gasteiger partial charge < -0.3 is 5.73 Å². The Morgan fingerprint density at radius 3 is 2.79 bits per heavy atom. The third-order valence-electron chi connectivity index (χ3n) is 3.66. The Kier molecular flexibility index (Phi) is 3.03. The summed E-state index contributed by atoms with van der Waals surface area (Å²) in [5, 5.41) is 4.60. The van der Waals surface area contributed by atoms with Gasteiger partial charge in [0, 0.05) is 37.6 Å². The largest absolute Gasteiger partial charge is 0.398 e. The monoisotopic (exact) mass is 256 g/mol. The van der Waals surface area contributed by atoms with Crippen molar-refractivity contribution in [3.05, 3.63) is 47.3 Å². The standard InChI is InChI=1S/C15H20N4/c1-11(2)19-7-6-13(17-19)9-18-8-12-4-3-5-15(16)14(12)10-18/h3-7,11H,8-10,16H2,1-2H3. The summed E-state index contributed by atoms with van der Waals surface area (Å²) in [6.07, 6.45) is 2.05. The molecule has 0 bridgehead atoms. The van der Waals surface area contributed by atoms with Gasteiger partial charge in [0.25, 0.3) is 0 Å². The first-order chi connectivity index (χ1) is 9.13. The van der Waals surface area contributed by atoms with E-state index in [0.29, 0.717) is 6.04 Å². The first kappa shape index (κ1) is 12.2. The Bertz CT molecular complexity index is 586. The van der Waals surface area contributed by atoms with E-state index in [4.69, 9.17) is 5.73 Å². The molecule has 1 aliphatic heterocycles. The number of anilines is 1. The van der Waals surface area contributed by atoms with Gasteiger partial charge in [-0.25, -0.2) is 0 Å². The Morgan fingerprint density at radius 1 is 1.26 bits per heavy atom. The molecule has 2 heterocycles. The molecule has 0 amide bonds. The second-order valence-corrected chi connectivity index (χ2v) is 5.51. The molecule has 1 aliphatic rings. The van der Waals surface area contributed by atoms with Crippen molar-refractivity contribution in [2.45, 2.75) is 39.5 Å². The van der Waals surface area contributed by atoms with Crippen molar-refractivity contribution in [1.82, 2.24) is 14.7 Å². The summed E-state index contributed by atoms with van der Waals surface area (Å²) in [4.78, 5) is 2.38. The lowest BCUT2D eigenvalue weighted by atomic mass is 10.1. The predicted molar refractivity (Wildman–Crippen MR) is 76.4 cm³/mol. The molecule has 4 nitrogen and oxygen atoms in total. The van der Waals surface area contributed by atoms with E-state index in [0.717, 1.165) is 31.0 Å². The maximum absolute atomic E-state index is 6.02. The summed E-state index contributed by atoms with van der Waals surface area (Å²) < 4.78 is 2.01. The maximum Gasteiger partial charge on any atom is 0.0765 e. The fraction of sp³-hybridized carbons (Fsp3) is 0.400. The van der Waals surface area contributed by atoms with Gasteiger partial charge in [0.2, 0.25) is 0 Å². The minimum atomic E-state index is 0.417. The number of benzene rings is 1. The highest BCUT2D eigenvalue weighted by atomic mass is 15.3. The van der Waals surface area contributed by atoms with Crippen LogP contribution < -0.4 is 5.73 Å². The van der Waals surface area contributed by atoms with Crippen molar-refractivity contribution in [1.29, 1.82) is 0 Å². The van der Waals surface area contributed by atoms with Crippen LogP contribution in [0.15, 0.2) is 30.5 Å². The van der Waals surface area contributed by atoms with E-state index in [-0.39, 0.29) is 0 Å². The highest BCUT2D eigenvalue weighted by Crippen LogP contribution is 2.28. The van der Waals surface area contributed by atoms with E-state index >= 15 is 0 Å². The van der Waals surface area contributed by atoms with Gasteiger partial charge in [0.1, 0.15) is 0 Å². The Labute approximate surface area is 113 Å². The van der Waals surface area contributed by atoms with Gasteiger partial charge in [-0.3, -0.25) is 9.58 Å². The third-order valence-corrected chi connectivity index (χ3v) is 3.66. The topological polar surface area (TPSA) is 47.1 Å². The lowest BCUT2D eigenvalue weighted by molar-refractivity contribution is 0.270. The number of hydrogen-bond acceptors (Lipinski definition) is 3. The summed E-state index contributed by atoms with van der Waals surface area (Å²) in [5.74, 6) is 0. The van der Waals surface area contributed by atoms with E-state index in [2.05, 4.69) is 42.2 Å². The fourth-order valence-corrected chi connectivity index (χ4v) is 2.61. The SMILES string of the molecule is CC(C)n1ccc(CN2Cc3cccc(N)c3C2)n1. The summed E-state index contributed by atoms with van der Waals surface area (Å²) >= 11 is 0. The van der Waals surface area contributed by atoms with Crippen LogP contribution in [0, 0.1) is 0 Å². The molecular weight excluding hydrogens is 236 g/mol. The molecule has 1 aromatic carbocycles. The average Bonchev–Trinajstić information content (AvgIpc) is 2.96. The van der Waals surface area contributed by atoms with E-state index in [1.54, 1.807) is 0 Å². The first-order valence-corrected chi connectivity index (χ1v) is 6.76. The predicted octanol–water partition coefficient (Wildman–Crippen LogP) is 2.56. The zero-order valence-corrected chi connectivity index (χ0v) is 11.5. The van der Waals surface area contributed by atoms with Gasteiger partial charge in [0.15, 0.2) is 0 Å². The molecule has 0 aliphatic carbocycles. The van der Waals surface area contributed by atoms with Crippen molar-refractivity contribution >= 4 is 5.69 Å². The number of nitrogens with zero attached hydrogens (tertiary/aromatic N) is 3. The molecule has 100 valence electrons. The summed E-state index contributed by atoms with van der Waals surface area (Å²) in [6.45, 7) is 7.06. The van der Waals surface area contributed by atoms with Crippen molar-refractivity contribution in [2.24, 2.45) is 0 Å². The number of rotatable bonds is 3. The summed E-state index contributed by atoms with van der Waals surface area (Å²) in [6, 6.07) is 8.70. The lowest BCUT2D eigenvalue weighted by Gasteiger charge is -2.13.